The number of carboxylic acid groups (broad SMARTS) is 1. The third-order valence-corrected chi connectivity index (χ3v) is 3.09. The molecule has 0 saturated carbocycles. The zero-order valence-electron chi connectivity index (χ0n) is 11.6. The number of hydrogen-bond acceptors (Lipinski definition) is 4. The summed E-state index contributed by atoms with van der Waals surface area (Å²) in [5, 5.41) is 8.75. The molecule has 6 heteroatoms. The maximum absolute atomic E-state index is 11.8. The first-order valence-electron chi connectivity index (χ1n) is 6.25. The summed E-state index contributed by atoms with van der Waals surface area (Å²) < 4.78 is 6.55. The van der Waals surface area contributed by atoms with Crippen molar-refractivity contribution in [2.75, 3.05) is 13.7 Å². The van der Waals surface area contributed by atoms with Gasteiger partial charge in [0.1, 0.15) is 0 Å². The molecule has 106 valence electrons. The maximum Gasteiger partial charge on any atom is 0.347 e. The first-order chi connectivity index (χ1) is 8.97. The summed E-state index contributed by atoms with van der Waals surface area (Å²) >= 11 is 0. The minimum Gasteiger partial charge on any atom is -0.481 e. The lowest BCUT2D eigenvalue weighted by atomic mass is 10.1. The quantitative estimate of drug-likeness (QED) is 0.743. The van der Waals surface area contributed by atoms with E-state index in [1.165, 1.54) is 0 Å². The van der Waals surface area contributed by atoms with Crippen LogP contribution >= 0.6 is 0 Å². The van der Waals surface area contributed by atoms with E-state index in [9.17, 15) is 9.59 Å². The predicted octanol–water partition coefficient (Wildman–Crippen LogP) is 0.914. The molecule has 6 nitrogen and oxygen atoms in total. The molecule has 1 aromatic heterocycles. The molecule has 0 atom stereocenters. The fourth-order valence-corrected chi connectivity index (χ4v) is 2.06. The van der Waals surface area contributed by atoms with Crippen molar-refractivity contribution in [3.63, 3.8) is 0 Å². The lowest BCUT2D eigenvalue weighted by Gasteiger charge is -2.14. The molecule has 0 saturated heterocycles. The molecular weight excluding hydrogens is 248 g/mol. The van der Waals surface area contributed by atoms with Gasteiger partial charge in [0, 0.05) is 38.1 Å². The number of aliphatic carboxylic acids is 1. The van der Waals surface area contributed by atoms with Crippen molar-refractivity contribution < 1.29 is 14.6 Å². The average molecular weight is 268 g/mol. The van der Waals surface area contributed by atoms with Crippen molar-refractivity contribution in [1.82, 2.24) is 9.55 Å². The van der Waals surface area contributed by atoms with Crippen LogP contribution in [0, 0.1) is 13.8 Å². The van der Waals surface area contributed by atoms with Gasteiger partial charge in [-0.05, 0) is 32.3 Å². The van der Waals surface area contributed by atoms with Crippen LogP contribution < -0.4 is 5.69 Å². The molecule has 0 aliphatic rings. The van der Waals surface area contributed by atoms with Crippen LogP contribution in [0.3, 0.4) is 0 Å². The number of methoxy groups -OCH3 is 1. The number of carbonyl (C=O) groups is 1. The molecule has 0 amide bonds. The van der Waals surface area contributed by atoms with Gasteiger partial charge >= 0.3 is 11.7 Å². The van der Waals surface area contributed by atoms with Crippen LogP contribution in [0.1, 0.15) is 29.8 Å². The minimum absolute atomic E-state index is 0.0413. The van der Waals surface area contributed by atoms with E-state index in [-0.39, 0.29) is 12.1 Å². The standard InChI is InChI=1S/C13H20N2O4/c1-9-11(5-6-12(16)17)10(2)15(13(18)14-9)7-4-8-19-3/h4-8H2,1-3H3,(H,16,17). The number of ether oxygens (including phenoxy) is 1. The third-order valence-electron chi connectivity index (χ3n) is 3.09. The molecule has 0 spiro atoms. The van der Waals surface area contributed by atoms with Crippen molar-refractivity contribution in [3.8, 4) is 0 Å². The molecular formula is C13H20N2O4. The highest BCUT2D eigenvalue weighted by atomic mass is 16.5. The van der Waals surface area contributed by atoms with Crippen molar-refractivity contribution in [3.05, 3.63) is 27.4 Å². The van der Waals surface area contributed by atoms with Gasteiger partial charge in [-0.25, -0.2) is 4.79 Å². The SMILES string of the molecule is COCCCn1c(C)c(CCC(=O)O)c(C)nc1=O. The second kappa shape index (κ2) is 7.04. The Labute approximate surface area is 112 Å². The molecule has 0 fully saturated rings. The predicted molar refractivity (Wildman–Crippen MR) is 70.4 cm³/mol. The Hall–Kier alpha value is -1.69. The van der Waals surface area contributed by atoms with Crippen LogP contribution in [0.2, 0.25) is 0 Å². The van der Waals surface area contributed by atoms with E-state index in [1.54, 1.807) is 18.6 Å². The monoisotopic (exact) mass is 268 g/mol. The zero-order chi connectivity index (χ0) is 14.4. The summed E-state index contributed by atoms with van der Waals surface area (Å²) in [6.07, 6.45) is 1.16. The topological polar surface area (TPSA) is 81.4 Å². The summed E-state index contributed by atoms with van der Waals surface area (Å²) in [6.45, 7) is 4.68. The molecule has 0 radical (unpaired) electrons. The Bertz CT molecular complexity index is 508. The molecule has 1 N–H and O–H groups in total. The number of hydrogen-bond donors (Lipinski definition) is 1. The highest BCUT2D eigenvalue weighted by Gasteiger charge is 2.12. The minimum atomic E-state index is -0.851. The smallest absolute Gasteiger partial charge is 0.347 e. The number of nitrogens with zero attached hydrogens (tertiary/aromatic N) is 2. The Morgan fingerprint density at radius 1 is 1.42 bits per heavy atom. The van der Waals surface area contributed by atoms with Gasteiger partial charge in [0.2, 0.25) is 0 Å². The molecule has 0 aromatic carbocycles. The molecule has 0 unspecified atom stereocenters. The highest BCUT2D eigenvalue weighted by molar-refractivity contribution is 5.67. The van der Waals surface area contributed by atoms with Crippen LogP contribution in [0.5, 0.6) is 0 Å². The number of aromatic nitrogens is 2. The first-order valence-corrected chi connectivity index (χ1v) is 6.25. The summed E-state index contributed by atoms with van der Waals surface area (Å²) in [7, 11) is 1.61. The number of aryl methyl sites for hydroxylation is 1. The van der Waals surface area contributed by atoms with E-state index >= 15 is 0 Å². The van der Waals surface area contributed by atoms with Crippen molar-refractivity contribution >= 4 is 5.97 Å². The fraction of sp³-hybridized carbons (Fsp3) is 0.615. The van der Waals surface area contributed by atoms with E-state index in [0.29, 0.717) is 25.3 Å². The molecule has 0 aliphatic heterocycles. The fourth-order valence-electron chi connectivity index (χ4n) is 2.06. The molecule has 1 aromatic rings. The highest BCUT2D eigenvalue weighted by Crippen LogP contribution is 2.12. The summed E-state index contributed by atoms with van der Waals surface area (Å²) in [4.78, 5) is 26.5. The summed E-state index contributed by atoms with van der Waals surface area (Å²) in [5.41, 5.74) is 1.98. The molecule has 1 rings (SSSR count). The van der Waals surface area contributed by atoms with E-state index in [2.05, 4.69) is 4.98 Å². The number of rotatable bonds is 7. The summed E-state index contributed by atoms with van der Waals surface area (Å²) in [5.74, 6) is -0.851. The van der Waals surface area contributed by atoms with Crippen LogP contribution in [0.4, 0.5) is 0 Å². The summed E-state index contributed by atoms with van der Waals surface area (Å²) in [6, 6.07) is 0. The van der Waals surface area contributed by atoms with Crippen LogP contribution in [-0.4, -0.2) is 34.3 Å². The molecule has 0 aliphatic carbocycles. The van der Waals surface area contributed by atoms with Gasteiger partial charge in [-0.3, -0.25) is 9.36 Å². The lowest BCUT2D eigenvalue weighted by molar-refractivity contribution is -0.136. The van der Waals surface area contributed by atoms with E-state index in [1.807, 2.05) is 6.92 Å². The van der Waals surface area contributed by atoms with Crippen molar-refractivity contribution in [1.29, 1.82) is 0 Å². The number of carboxylic acids is 1. The molecule has 0 bridgehead atoms. The van der Waals surface area contributed by atoms with Crippen molar-refractivity contribution in [2.45, 2.75) is 39.7 Å². The molecule has 1 heterocycles. The van der Waals surface area contributed by atoms with Crippen LogP contribution in [0.25, 0.3) is 0 Å². The Balaban J connectivity index is 3.00. The van der Waals surface area contributed by atoms with Gasteiger partial charge in [0.25, 0.3) is 0 Å². The molecule has 19 heavy (non-hydrogen) atoms. The average Bonchev–Trinajstić information content (AvgIpc) is 2.32. The maximum atomic E-state index is 11.8. The third kappa shape index (κ3) is 4.17. The van der Waals surface area contributed by atoms with Crippen LogP contribution in [-0.2, 0) is 22.5 Å². The Morgan fingerprint density at radius 2 is 2.11 bits per heavy atom. The van der Waals surface area contributed by atoms with Gasteiger partial charge in [0.15, 0.2) is 0 Å². The van der Waals surface area contributed by atoms with E-state index in [4.69, 9.17) is 9.84 Å². The Kier molecular flexibility index (Phi) is 5.69. The normalized spacial score (nSPS) is 10.7. The lowest BCUT2D eigenvalue weighted by Crippen LogP contribution is -2.28. The largest absolute Gasteiger partial charge is 0.481 e. The first kappa shape index (κ1) is 15.4. The van der Waals surface area contributed by atoms with Gasteiger partial charge in [-0.15, -0.1) is 0 Å². The van der Waals surface area contributed by atoms with E-state index in [0.717, 1.165) is 17.7 Å². The van der Waals surface area contributed by atoms with E-state index < -0.39 is 5.97 Å². The second-order valence-corrected chi connectivity index (χ2v) is 4.44. The van der Waals surface area contributed by atoms with Crippen LogP contribution in [0.15, 0.2) is 4.79 Å². The van der Waals surface area contributed by atoms with Gasteiger partial charge in [-0.1, -0.05) is 0 Å². The zero-order valence-corrected chi connectivity index (χ0v) is 11.6. The van der Waals surface area contributed by atoms with Gasteiger partial charge in [0.05, 0.1) is 0 Å². The van der Waals surface area contributed by atoms with Crippen molar-refractivity contribution in [2.24, 2.45) is 0 Å². The van der Waals surface area contributed by atoms with Gasteiger partial charge in [-0.2, -0.15) is 4.98 Å². The van der Waals surface area contributed by atoms with Gasteiger partial charge < -0.3 is 9.84 Å². The Morgan fingerprint density at radius 3 is 2.68 bits per heavy atom. The second-order valence-electron chi connectivity index (χ2n) is 4.44.